The SMILES string of the molecule is CC[C@@H](CO)N1C(=O)[C@@H]2[C@@H]3C(=O)N(Cc4ccccc4)CC=C[C@]3(C)S[C@@]23C=CCN(C2CCCCC2)C(=O)C13. The van der Waals surface area contributed by atoms with Crippen molar-refractivity contribution in [1.29, 1.82) is 0 Å². The summed E-state index contributed by atoms with van der Waals surface area (Å²) in [5, 5.41) is 10.4. The standard InChI is InChI=1S/C32H41N3O4S/c1-3-23(21-36)35-27-30(39)34(24-14-8-5-9-15-24)19-11-17-32(27)26(29(35)38)25-28(37)33(18-10-16-31(25,2)40-32)20-22-12-6-4-7-13-22/h4,6-7,10-13,16-17,23-27,36H,3,5,8-9,14-15,18-21H2,1-2H3/t23-,25+,26-,27?,31-,32-/m0/s1. The fourth-order valence-electron chi connectivity index (χ4n) is 8.00. The molecule has 3 fully saturated rings. The predicted molar refractivity (Wildman–Crippen MR) is 156 cm³/mol. The molecule has 4 aliphatic heterocycles. The van der Waals surface area contributed by atoms with E-state index >= 15 is 0 Å². The first-order chi connectivity index (χ1) is 19.3. The number of fused-ring (bicyclic) bond motifs is 2. The molecular formula is C32H41N3O4S. The van der Waals surface area contributed by atoms with Gasteiger partial charge in [-0.3, -0.25) is 14.4 Å². The fourth-order valence-corrected chi connectivity index (χ4v) is 10.1. The zero-order chi connectivity index (χ0) is 28.1. The lowest BCUT2D eigenvalue weighted by Crippen LogP contribution is -2.58. The van der Waals surface area contributed by atoms with Crippen molar-refractivity contribution in [1.82, 2.24) is 14.7 Å². The largest absolute Gasteiger partial charge is 0.394 e. The van der Waals surface area contributed by atoms with Crippen molar-refractivity contribution in [2.75, 3.05) is 19.7 Å². The average molecular weight is 564 g/mol. The van der Waals surface area contributed by atoms with Gasteiger partial charge in [0, 0.05) is 30.4 Å². The smallest absolute Gasteiger partial charge is 0.247 e. The van der Waals surface area contributed by atoms with Crippen molar-refractivity contribution in [2.45, 2.75) is 86.5 Å². The van der Waals surface area contributed by atoms with E-state index in [1.54, 1.807) is 16.7 Å². The van der Waals surface area contributed by atoms with Crippen LogP contribution in [0.25, 0.3) is 0 Å². The highest BCUT2D eigenvalue weighted by atomic mass is 32.2. The van der Waals surface area contributed by atoms with E-state index < -0.39 is 33.4 Å². The van der Waals surface area contributed by atoms with E-state index in [2.05, 4.69) is 31.2 Å². The highest BCUT2D eigenvalue weighted by Crippen LogP contribution is 2.66. The van der Waals surface area contributed by atoms with Crippen LogP contribution in [0.4, 0.5) is 0 Å². The summed E-state index contributed by atoms with van der Waals surface area (Å²) in [5.74, 6) is -1.50. The number of aliphatic hydroxyl groups is 1. The molecule has 6 rings (SSSR count). The van der Waals surface area contributed by atoms with Crippen LogP contribution in [0.2, 0.25) is 0 Å². The van der Waals surface area contributed by atoms with Gasteiger partial charge in [-0.25, -0.2) is 0 Å². The van der Waals surface area contributed by atoms with Crippen molar-refractivity contribution in [3.05, 3.63) is 60.2 Å². The Balaban J connectivity index is 1.43. The molecule has 7 nitrogen and oxygen atoms in total. The van der Waals surface area contributed by atoms with Crippen LogP contribution in [0.5, 0.6) is 0 Å². The molecule has 8 heteroatoms. The van der Waals surface area contributed by atoms with Gasteiger partial charge < -0.3 is 19.8 Å². The van der Waals surface area contributed by atoms with E-state index in [9.17, 15) is 19.5 Å². The molecule has 0 bridgehead atoms. The molecule has 1 aromatic carbocycles. The lowest BCUT2D eigenvalue weighted by atomic mass is 9.74. The van der Waals surface area contributed by atoms with E-state index in [0.29, 0.717) is 26.1 Å². The molecule has 0 radical (unpaired) electrons. The lowest BCUT2D eigenvalue weighted by Gasteiger charge is -2.41. The first-order valence-electron chi connectivity index (χ1n) is 15.0. The molecule has 4 heterocycles. The Morgan fingerprint density at radius 1 is 0.950 bits per heavy atom. The predicted octanol–water partition coefficient (Wildman–Crippen LogP) is 3.77. The summed E-state index contributed by atoms with van der Waals surface area (Å²) >= 11 is 1.62. The molecule has 1 aromatic rings. The summed E-state index contributed by atoms with van der Waals surface area (Å²) < 4.78 is -1.49. The number of likely N-dealkylation sites (tertiary alicyclic amines) is 1. The summed E-state index contributed by atoms with van der Waals surface area (Å²) in [4.78, 5) is 49.1. The van der Waals surface area contributed by atoms with Crippen molar-refractivity contribution < 1.29 is 19.5 Å². The topological polar surface area (TPSA) is 81.2 Å². The second-order valence-corrected chi connectivity index (χ2v) is 14.1. The summed E-state index contributed by atoms with van der Waals surface area (Å²) in [6.45, 7) is 5.29. The molecule has 214 valence electrons. The molecule has 1 spiro atoms. The highest BCUT2D eigenvalue weighted by molar-refractivity contribution is 8.02. The van der Waals surface area contributed by atoms with Gasteiger partial charge >= 0.3 is 0 Å². The highest BCUT2D eigenvalue weighted by Gasteiger charge is 2.74. The van der Waals surface area contributed by atoms with Crippen molar-refractivity contribution in [3.8, 4) is 0 Å². The summed E-state index contributed by atoms with van der Waals surface area (Å²) in [5.41, 5.74) is 1.05. The number of carbonyl (C=O) groups is 3. The Labute approximate surface area is 241 Å². The number of rotatable bonds is 6. The monoisotopic (exact) mass is 563 g/mol. The average Bonchev–Trinajstić information content (AvgIpc) is 3.24. The first-order valence-corrected chi connectivity index (χ1v) is 15.8. The first kappa shape index (κ1) is 27.6. The Bertz CT molecular complexity index is 1210. The van der Waals surface area contributed by atoms with Gasteiger partial charge in [-0.05, 0) is 31.7 Å². The fraction of sp³-hybridized carbons (Fsp3) is 0.594. The number of hydrogen-bond donors (Lipinski definition) is 1. The second kappa shape index (κ2) is 10.7. The summed E-state index contributed by atoms with van der Waals surface area (Å²) in [6.07, 6.45) is 14.3. The quantitative estimate of drug-likeness (QED) is 0.533. The van der Waals surface area contributed by atoms with Crippen LogP contribution in [0, 0.1) is 11.8 Å². The van der Waals surface area contributed by atoms with Gasteiger partial charge in [-0.15, -0.1) is 11.8 Å². The Kier molecular flexibility index (Phi) is 7.36. The summed E-state index contributed by atoms with van der Waals surface area (Å²) in [6, 6.07) is 8.91. The Hall–Kier alpha value is -2.58. The summed E-state index contributed by atoms with van der Waals surface area (Å²) in [7, 11) is 0. The molecule has 1 aliphatic carbocycles. The van der Waals surface area contributed by atoms with Crippen LogP contribution in [0.1, 0.15) is 57.9 Å². The molecule has 1 unspecified atom stereocenters. The lowest BCUT2D eigenvalue weighted by molar-refractivity contribution is -0.148. The normalized spacial score (nSPS) is 34.9. The maximum Gasteiger partial charge on any atom is 0.247 e. The minimum atomic E-state index is -0.866. The van der Waals surface area contributed by atoms with E-state index in [1.165, 1.54) is 6.42 Å². The molecule has 2 saturated heterocycles. The van der Waals surface area contributed by atoms with Crippen LogP contribution in [-0.4, -0.2) is 84.8 Å². The number of aliphatic hydroxyl groups excluding tert-OH is 1. The van der Waals surface area contributed by atoms with Gasteiger partial charge in [-0.1, -0.05) is 80.8 Å². The Morgan fingerprint density at radius 2 is 1.68 bits per heavy atom. The molecule has 1 N–H and O–H groups in total. The molecule has 0 aromatic heterocycles. The molecular weight excluding hydrogens is 522 g/mol. The van der Waals surface area contributed by atoms with Gasteiger partial charge in [0.25, 0.3) is 0 Å². The van der Waals surface area contributed by atoms with Crippen LogP contribution < -0.4 is 0 Å². The molecule has 1 saturated carbocycles. The van der Waals surface area contributed by atoms with Gasteiger partial charge in [0.15, 0.2) is 0 Å². The van der Waals surface area contributed by atoms with Gasteiger partial charge in [0.05, 0.1) is 29.2 Å². The van der Waals surface area contributed by atoms with Crippen LogP contribution in [-0.2, 0) is 20.9 Å². The molecule has 40 heavy (non-hydrogen) atoms. The maximum absolute atomic E-state index is 14.6. The second-order valence-electron chi connectivity index (χ2n) is 12.3. The van der Waals surface area contributed by atoms with Gasteiger partial charge in [0.2, 0.25) is 17.7 Å². The van der Waals surface area contributed by atoms with E-state index in [0.717, 1.165) is 31.2 Å². The van der Waals surface area contributed by atoms with Gasteiger partial charge in [0.1, 0.15) is 6.04 Å². The van der Waals surface area contributed by atoms with E-state index in [4.69, 9.17) is 0 Å². The van der Waals surface area contributed by atoms with Crippen molar-refractivity contribution in [2.24, 2.45) is 11.8 Å². The van der Waals surface area contributed by atoms with Crippen molar-refractivity contribution >= 4 is 29.5 Å². The third-order valence-corrected chi connectivity index (χ3v) is 11.7. The Morgan fingerprint density at radius 3 is 2.38 bits per heavy atom. The number of hydrogen-bond acceptors (Lipinski definition) is 5. The number of amides is 3. The molecule has 5 aliphatic rings. The zero-order valence-corrected chi connectivity index (χ0v) is 24.4. The number of thioether (sulfide) groups is 1. The van der Waals surface area contributed by atoms with Crippen LogP contribution >= 0.6 is 11.8 Å². The zero-order valence-electron chi connectivity index (χ0n) is 23.6. The number of benzene rings is 1. The number of carbonyl (C=O) groups excluding carboxylic acids is 3. The van der Waals surface area contributed by atoms with Gasteiger partial charge in [-0.2, -0.15) is 0 Å². The minimum Gasteiger partial charge on any atom is -0.394 e. The van der Waals surface area contributed by atoms with E-state index in [-0.39, 0.29) is 30.4 Å². The van der Waals surface area contributed by atoms with Crippen LogP contribution in [0.15, 0.2) is 54.6 Å². The molecule has 3 amide bonds. The maximum atomic E-state index is 14.6. The van der Waals surface area contributed by atoms with Crippen molar-refractivity contribution in [3.63, 3.8) is 0 Å². The minimum absolute atomic E-state index is 0.0234. The third kappa shape index (κ3) is 4.25. The third-order valence-electron chi connectivity index (χ3n) is 9.92. The molecule has 6 atom stereocenters. The van der Waals surface area contributed by atoms with Crippen LogP contribution in [0.3, 0.4) is 0 Å². The number of nitrogens with zero attached hydrogens (tertiary/aromatic N) is 3. The van der Waals surface area contributed by atoms with E-state index in [1.807, 2.05) is 47.1 Å².